The van der Waals surface area contributed by atoms with Crippen molar-refractivity contribution in [2.45, 2.75) is 26.7 Å². The van der Waals surface area contributed by atoms with Crippen molar-refractivity contribution in [2.24, 2.45) is 11.8 Å². The molecule has 1 saturated carbocycles. The van der Waals surface area contributed by atoms with E-state index in [0.717, 1.165) is 17.7 Å². The number of carbonyl (C=O) groups excluding carboxylic acids is 2. The van der Waals surface area contributed by atoms with Crippen LogP contribution >= 0.6 is 11.6 Å². The second-order valence-electron chi connectivity index (χ2n) is 6.39. The van der Waals surface area contributed by atoms with Crippen LogP contribution in [0.2, 0.25) is 5.02 Å². The summed E-state index contributed by atoms with van der Waals surface area (Å²) in [6, 6.07) is 13.2. The molecule has 2 amide bonds. The van der Waals surface area contributed by atoms with E-state index in [-0.39, 0.29) is 23.7 Å². The van der Waals surface area contributed by atoms with Gasteiger partial charge in [0.25, 0.3) is 0 Å². The molecule has 0 bridgehead atoms. The lowest BCUT2D eigenvalue weighted by Crippen LogP contribution is -2.20. The quantitative estimate of drug-likeness (QED) is 0.832. The molecule has 0 aromatic heterocycles. The van der Waals surface area contributed by atoms with Crippen LogP contribution in [-0.2, 0) is 16.0 Å². The summed E-state index contributed by atoms with van der Waals surface area (Å²) >= 11 is 6.07. The number of halogens is 1. The number of hydrogen-bond donors (Lipinski definition) is 2. The lowest BCUT2D eigenvalue weighted by Gasteiger charge is -2.09. The summed E-state index contributed by atoms with van der Waals surface area (Å²) in [6.45, 7) is 3.94. The van der Waals surface area contributed by atoms with Gasteiger partial charge in [-0.25, -0.2) is 0 Å². The summed E-state index contributed by atoms with van der Waals surface area (Å²) in [5.74, 6) is -0.794. The molecule has 2 atom stereocenters. The Hall–Kier alpha value is -2.33. The van der Waals surface area contributed by atoms with Crippen molar-refractivity contribution in [2.75, 3.05) is 10.6 Å². The van der Waals surface area contributed by atoms with Crippen molar-refractivity contribution in [3.63, 3.8) is 0 Å². The van der Waals surface area contributed by atoms with Crippen LogP contribution in [0.1, 0.15) is 24.5 Å². The van der Waals surface area contributed by atoms with Gasteiger partial charge in [-0.2, -0.15) is 0 Å². The van der Waals surface area contributed by atoms with E-state index in [2.05, 4.69) is 17.6 Å². The number of anilines is 2. The summed E-state index contributed by atoms with van der Waals surface area (Å²) in [6.07, 6.45) is 1.53. The highest BCUT2D eigenvalue weighted by Gasteiger charge is 2.48. The van der Waals surface area contributed by atoms with E-state index in [1.807, 2.05) is 37.3 Å². The van der Waals surface area contributed by atoms with Gasteiger partial charge in [0.1, 0.15) is 0 Å². The monoisotopic (exact) mass is 356 g/mol. The van der Waals surface area contributed by atoms with Crippen LogP contribution in [0.15, 0.2) is 42.5 Å². The molecule has 2 N–H and O–H groups in total. The molecular weight excluding hydrogens is 336 g/mol. The van der Waals surface area contributed by atoms with Gasteiger partial charge in [0, 0.05) is 16.4 Å². The van der Waals surface area contributed by atoms with Crippen LogP contribution in [0.5, 0.6) is 0 Å². The topological polar surface area (TPSA) is 58.2 Å². The van der Waals surface area contributed by atoms with Crippen LogP contribution in [0.25, 0.3) is 0 Å². The van der Waals surface area contributed by atoms with Gasteiger partial charge in [-0.15, -0.1) is 0 Å². The maximum atomic E-state index is 12.4. The number of benzene rings is 2. The van der Waals surface area contributed by atoms with Crippen molar-refractivity contribution >= 4 is 34.8 Å². The summed E-state index contributed by atoms with van der Waals surface area (Å²) in [5, 5.41) is 6.37. The predicted molar refractivity (Wildman–Crippen MR) is 101 cm³/mol. The third-order valence-electron chi connectivity index (χ3n) is 4.62. The average molecular weight is 357 g/mol. The van der Waals surface area contributed by atoms with Crippen molar-refractivity contribution < 1.29 is 9.59 Å². The summed E-state index contributed by atoms with van der Waals surface area (Å²) in [4.78, 5) is 24.7. The SMILES string of the molecule is CCc1ccc(NC(=O)C2CC2C(=O)Nc2cccc(Cl)c2C)cc1. The minimum atomic E-state index is -0.284. The highest BCUT2D eigenvalue weighted by Crippen LogP contribution is 2.40. The molecule has 1 fully saturated rings. The van der Waals surface area contributed by atoms with Crippen LogP contribution in [-0.4, -0.2) is 11.8 Å². The molecule has 0 saturated heterocycles. The summed E-state index contributed by atoms with van der Waals surface area (Å²) < 4.78 is 0. The second kappa shape index (κ2) is 7.28. The van der Waals surface area contributed by atoms with Crippen molar-refractivity contribution in [1.29, 1.82) is 0 Å². The highest BCUT2D eigenvalue weighted by atomic mass is 35.5. The van der Waals surface area contributed by atoms with Gasteiger partial charge in [0.2, 0.25) is 11.8 Å². The van der Waals surface area contributed by atoms with Crippen molar-refractivity contribution in [1.82, 2.24) is 0 Å². The van der Waals surface area contributed by atoms with Crippen LogP contribution < -0.4 is 10.6 Å². The molecule has 1 aliphatic rings. The molecule has 4 nitrogen and oxygen atoms in total. The Kier molecular flexibility index (Phi) is 5.09. The van der Waals surface area contributed by atoms with Gasteiger partial charge >= 0.3 is 0 Å². The van der Waals surface area contributed by atoms with E-state index >= 15 is 0 Å². The number of rotatable bonds is 5. The van der Waals surface area contributed by atoms with Crippen LogP contribution in [0.3, 0.4) is 0 Å². The third kappa shape index (κ3) is 4.02. The zero-order valence-corrected chi connectivity index (χ0v) is 15.1. The fraction of sp³-hybridized carbons (Fsp3) is 0.300. The zero-order chi connectivity index (χ0) is 18.0. The average Bonchev–Trinajstić information content (AvgIpc) is 3.40. The standard InChI is InChI=1S/C20H21ClN2O2/c1-3-13-7-9-14(10-8-13)22-19(24)15-11-16(15)20(25)23-18-6-4-5-17(21)12(18)2/h4-10,15-16H,3,11H2,1-2H3,(H,22,24)(H,23,25). The molecule has 2 aromatic carbocycles. The molecule has 3 rings (SSSR count). The predicted octanol–water partition coefficient (Wildman–Crippen LogP) is 4.42. The van der Waals surface area contributed by atoms with Crippen LogP contribution in [0, 0.1) is 18.8 Å². The molecule has 1 aliphatic carbocycles. The Balaban J connectivity index is 1.56. The van der Waals surface area contributed by atoms with E-state index in [1.54, 1.807) is 12.1 Å². The van der Waals surface area contributed by atoms with Gasteiger partial charge in [-0.1, -0.05) is 36.7 Å². The normalized spacial score (nSPS) is 18.5. The number of amides is 2. The van der Waals surface area contributed by atoms with Gasteiger partial charge in [-0.3, -0.25) is 9.59 Å². The number of hydrogen-bond acceptors (Lipinski definition) is 2. The molecule has 0 heterocycles. The third-order valence-corrected chi connectivity index (χ3v) is 5.03. The highest BCUT2D eigenvalue weighted by molar-refractivity contribution is 6.31. The molecular formula is C20H21ClN2O2. The molecule has 130 valence electrons. The minimum Gasteiger partial charge on any atom is -0.326 e. The Bertz CT molecular complexity index is 802. The fourth-order valence-electron chi connectivity index (χ4n) is 2.80. The zero-order valence-electron chi connectivity index (χ0n) is 14.3. The second-order valence-corrected chi connectivity index (χ2v) is 6.80. The minimum absolute atomic E-state index is 0.104. The van der Waals surface area contributed by atoms with Gasteiger partial charge in [0.15, 0.2) is 0 Å². The van der Waals surface area contributed by atoms with E-state index in [9.17, 15) is 9.59 Å². The fourth-order valence-corrected chi connectivity index (χ4v) is 2.98. The van der Waals surface area contributed by atoms with Crippen molar-refractivity contribution in [3.05, 3.63) is 58.6 Å². The Morgan fingerprint density at radius 3 is 2.32 bits per heavy atom. The molecule has 2 aromatic rings. The first-order valence-corrected chi connectivity index (χ1v) is 8.83. The molecule has 0 spiro atoms. The number of carbonyl (C=O) groups is 2. The Labute approximate surface area is 152 Å². The molecule has 5 heteroatoms. The van der Waals surface area contributed by atoms with Gasteiger partial charge in [0.05, 0.1) is 11.8 Å². The first-order chi connectivity index (χ1) is 12.0. The maximum Gasteiger partial charge on any atom is 0.228 e. The summed E-state index contributed by atoms with van der Waals surface area (Å²) in [7, 11) is 0. The molecule has 2 unspecified atom stereocenters. The molecule has 0 aliphatic heterocycles. The first-order valence-electron chi connectivity index (χ1n) is 8.45. The van der Waals surface area contributed by atoms with Gasteiger partial charge in [-0.05, 0) is 55.2 Å². The largest absolute Gasteiger partial charge is 0.326 e. The van der Waals surface area contributed by atoms with E-state index in [0.29, 0.717) is 17.1 Å². The van der Waals surface area contributed by atoms with E-state index in [1.165, 1.54) is 5.56 Å². The number of nitrogens with one attached hydrogen (secondary N) is 2. The van der Waals surface area contributed by atoms with Gasteiger partial charge < -0.3 is 10.6 Å². The lowest BCUT2D eigenvalue weighted by atomic mass is 10.1. The Morgan fingerprint density at radius 1 is 1.04 bits per heavy atom. The Morgan fingerprint density at radius 2 is 1.68 bits per heavy atom. The smallest absolute Gasteiger partial charge is 0.228 e. The lowest BCUT2D eigenvalue weighted by molar-refractivity contribution is -0.122. The van der Waals surface area contributed by atoms with Crippen LogP contribution in [0.4, 0.5) is 11.4 Å². The molecule has 25 heavy (non-hydrogen) atoms. The summed E-state index contributed by atoms with van der Waals surface area (Å²) in [5.41, 5.74) is 3.51. The maximum absolute atomic E-state index is 12.4. The molecule has 0 radical (unpaired) electrons. The van der Waals surface area contributed by atoms with E-state index in [4.69, 9.17) is 11.6 Å². The first kappa shape index (κ1) is 17.5. The number of aryl methyl sites for hydroxylation is 1. The van der Waals surface area contributed by atoms with Crippen molar-refractivity contribution in [3.8, 4) is 0 Å². The van der Waals surface area contributed by atoms with E-state index < -0.39 is 0 Å².